The Morgan fingerprint density at radius 1 is 1.25 bits per heavy atom. The van der Waals surface area contributed by atoms with Crippen LogP contribution in [0.5, 0.6) is 11.5 Å². The van der Waals surface area contributed by atoms with Crippen LogP contribution in [0.1, 0.15) is 45.6 Å². The number of amides is 1. The van der Waals surface area contributed by atoms with Crippen molar-refractivity contribution in [2.45, 2.75) is 52.1 Å². The number of benzene rings is 1. The number of piperidine rings is 1. The molecule has 2 atom stereocenters. The summed E-state index contributed by atoms with van der Waals surface area (Å²) in [5.41, 5.74) is 0.663. The molecular weight excluding hydrogens is 382 g/mol. The van der Waals surface area contributed by atoms with Crippen molar-refractivity contribution in [1.29, 1.82) is 0 Å². The molecule has 0 aliphatic carbocycles. The summed E-state index contributed by atoms with van der Waals surface area (Å²) in [7, 11) is 1.51. The van der Waals surface area contributed by atoms with Crippen LogP contribution in [0.3, 0.4) is 0 Å². The highest BCUT2D eigenvalue weighted by Crippen LogP contribution is 2.36. The van der Waals surface area contributed by atoms with Crippen LogP contribution in [0, 0.1) is 0 Å². The molecule has 7 heteroatoms. The maximum absolute atomic E-state index is 12.4. The molecule has 2 rings (SSSR count). The zero-order chi connectivity index (χ0) is 20.7. The molecule has 154 valence electrons. The largest absolute Gasteiger partial charge is 0.491 e. The molecule has 1 aromatic rings. The smallest absolute Gasteiger partial charge is 0.331 e. The Morgan fingerprint density at radius 2 is 1.93 bits per heavy atom. The van der Waals surface area contributed by atoms with E-state index >= 15 is 0 Å². The van der Waals surface area contributed by atoms with Crippen molar-refractivity contribution >= 4 is 29.6 Å². The number of rotatable bonds is 7. The lowest BCUT2D eigenvalue weighted by Crippen LogP contribution is -2.49. The molecule has 1 heterocycles. The van der Waals surface area contributed by atoms with Crippen LogP contribution in [0.2, 0.25) is 5.02 Å². The van der Waals surface area contributed by atoms with E-state index in [1.54, 1.807) is 18.2 Å². The Kier molecular flexibility index (Phi) is 8.18. The van der Waals surface area contributed by atoms with Gasteiger partial charge in [-0.1, -0.05) is 11.6 Å². The minimum atomic E-state index is -0.587. The average molecular weight is 410 g/mol. The monoisotopic (exact) mass is 409 g/mol. The molecule has 0 bridgehead atoms. The first-order valence-electron chi connectivity index (χ1n) is 9.53. The fourth-order valence-corrected chi connectivity index (χ4v) is 3.77. The second kappa shape index (κ2) is 10.4. The van der Waals surface area contributed by atoms with Gasteiger partial charge in [0.15, 0.2) is 18.1 Å². The summed E-state index contributed by atoms with van der Waals surface area (Å²) < 4.78 is 15.9. The molecule has 1 aliphatic heterocycles. The Morgan fingerprint density at radius 3 is 2.54 bits per heavy atom. The molecule has 0 radical (unpaired) electrons. The van der Waals surface area contributed by atoms with Gasteiger partial charge in [0.1, 0.15) is 0 Å². The van der Waals surface area contributed by atoms with Crippen molar-refractivity contribution < 1.29 is 23.8 Å². The molecule has 1 amide bonds. The molecule has 1 saturated heterocycles. The highest BCUT2D eigenvalue weighted by molar-refractivity contribution is 6.32. The van der Waals surface area contributed by atoms with Gasteiger partial charge in [-0.25, -0.2) is 4.79 Å². The number of hydrogen-bond donors (Lipinski definition) is 0. The van der Waals surface area contributed by atoms with Crippen LogP contribution >= 0.6 is 11.6 Å². The summed E-state index contributed by atoms with van der Waals surface area (Å²) in [6.45, 7) is 6.11. The second-order valence-electron chi connectivity index (χ2n) is 6.84. The lowest BCUT2D eigenvalue weighted by Gasteiger charge is -2.38. The van der Waals surface area contributed by atoms with E-state index in [0.717, 1.165) is 19.3 Å². The van der Waals surface area contributed by atoms with Crippen LogP contribution in [0.4, 0.5) is 0 Å². The molecular formula is C21H28ClNO5. The molecule has 0 spiro atoms. The Bertz CT molecular complexity index is 724. The van der Waals surface area contributed by atoms with Gasteiger partial charge in [-0.15, -0.1) is 0 Å². The molecule has 0 aromatic heterocycles. The predicted octanol–water partition coefficient (Wildman–Crippen LogP) is 4.09. The van der Waals surface area contributed by atoms with E-state index in [0.29, 0.717) is 28.7 Å². The number of carbonyl (C=O) groups is 2. The minimum absolute atomic E-state index is 0.160. The van der Waals surface area contributed by atoms with Gasteiger partial charge in [-0.3, -0.25) is 4.79 Å². The van der Waals surface area contributed by atoms with E-state index < -0.39 is 5.97 Å². The van der Waals surface area contributed by atoms with Crippen LogP contribution in [0.15, 0.2) is 18.2 Å². The van der Waals surface area contributed by atoms with Crippen molar-refractivity contribution in [2.24, 2.45) is 0 Å². The number of ether oxygens (including phenoxy) is 3. The Hall–Kier alpha value is -2.21. The Labute approximate surface area is 171 Å². The Balaban J connectivity index is 1.97. The summed E-state index contributed by atoms with van der Waals surface area (Å²) >= 11 is 6.20. The first-order valence-corrected chi connectivity index (χ1v) is 9.91. The van der Waals surface area contributed by atoms with Gasteiger partial charge in [0, 0.05) is 18.2 Å². The summed E-state index contributed by atoms with van der Waals surface area (Å²) in [6.07, 6.45) is 5.90. The predicted molar refractivity (Wildman–Crippen MR) is 109 cm³/mol. The quantitative estimate of drug-likeness (QED) is 0.501. The van der Waals surface area contributed by atoms with E-state index in [2.05, 4.69) is 0 Å². The van der Waals surface area contributed by atoms with Crippen LogP contribution < -0.4 is 9.47 Å². The van der Waals surface area contributed by atoms with E-state index in [4.69, 9.17) is 25.8 Å². The zero-order valence-electron chi connectivity index (χ0n) is 16.9. The van der Waals surface area contributed by atoms with Crippen molar-refractivity contribution in [3.8, 4) is 11.5 Å². The van der Waals surface area contributed by atoms with Gasteiger partial charge in [0.2, 0.25) is 0 Å². The molecule has 1 aromatic carbocycles. The zero-order valence-corrected chi connectivity index (χ0v) is 17.6. The van der Waals surface area contributed by atoms with Gasteiger partial charge in [-0.05, 0) is 63.8 Å². The maximum Gasteiger partial charge on any atom is 0.331 e. The second-order valence-corrected chi connectivity index (χ2v) is 7.25. The highest BCUT2D eigenvalue weighted by atomic mass is 35.5. The third-order valence-corrected chi connectivity index (χ3v) is 5.05. The lowest BCUT2D eigenvalue weighted by molar-refractivity contribution is -0.151. The molecule has 1 fully saturated rings. The topological polar surface area (TPSA) is 65.1 Å². The fourth-order valence-electron chi connectivity index (χ4n) is 3.48. The number of likely N-dealkylation sites (tertiary alicyclic amines) is 1. The van der Waals surface area contributed by atoms with Crippen molar-refractivity contribution in [2.75, 3.05) is 20.3 Å². The van der Waals surface area contributed by atoms with Crippen molar-refractivity contribution in [3.05, 3.63) is 28.8 Å². The number of nitrogens with zero attached hydrogens (tertiary/aromatic N) is 1. The fraction of sp³-hybridized carbons (Fsp3) is 0.524. The van der Waals surface area contributed by atoms with Crippen molar-refractivity contribution in [3.63, 3.8) is 0 Å². The van der Waals surface area contributed by atoms with Gasteiger partial charge in [0.05, 0.1) is 18.7 Å². The third-order valence-electron chi connectivity index (χ3n) is 4.77. The normalized spacial score (nSPS) is 19.5. The SMILES string of the molecule is CCOc1cc(/C=C/C(=O)OCC(=O)N2[C@H](C)CCC[C@H]2C)cc(Cl)c1OC. The van der Waals surface area contributed by atoms with Gasteiger partial charge in [0.25, 0.3) is 5.91 Å². The molecule has 0 unspecified atom stereocenters. The van der Waals surface area contributed by atoms with E-state index in [1.807, 2.05) is 25.7 Å². The number of halogens is 1. The standard InChI is InChI=1S/C21H28ClNO5/c1-5-27-18-12-16(11-17(22)21(18)26-4)9-10-20(25)28-13-19(24)23-14(2)7-6-8-15(23)3/h9-12,14-15H,5-8,13H2,1-4H3/b10-9+/t14-,15-/m1/s1. The first kappa shape index (κ1) is 22.1. The molecule has 1 aliphatic rings. The van der Waals surface area contributed by atoms with Gasteiger partial charge >= 0.3 is 5.97 Å². The number of esters is 1. The van der Waals surface area contributed by atoms with Gasteiger partial charge < -0.3 is 19.1 Å². The molecule has 0 saturated carbocycles. The first-order chi connectivity index (χ1) is 13.4. The molecule has 0 N–H and O–H groups in total. The lowest BCUT2D eigenvalue weighted by atomic mass is 9.97. The minimum Gasteiger partial charge on any atom is -0.491 e. The van der Waals surface area contributed by atoms with Crippen LogP contribution in [0.25, 0.3) is 6.08 Å². The van der Waals surface area contributed by atoms with Crippen molar-refractivity contribution in [1.82, 2.24) is 4.90 Å². The maximum atomic E-state index is 12.4. The number of carbonyl (C=O) groups excluding carboxylic acids is 2. The number of hydrogen-bond acceptors (Lipinski definition) is 5. The average Bonchev–Trinajstić information content (AvgIpc) is 2.64. The summed E-state index contributed by atoms with van der Waals surface area (Å²) in [4.78, 5) is 26.2. The van der Waals surface area contributed by atoms with E-state index in [9.17, 15) is 9.59 Å². The summed E-state index contributed by atoms with van der Waals surface area (Å²) in [5.74, 6) is 0.190. The molecule has 6 nitrogen and oxygen atoms in total. The summed E-state index contributed by atoms with van der Waals surface area (Å²) in [6, 6.07) is 3.72. The number of methoxy groups -OCH3 is 1. The van der Waals surface area contributed by atoms with Crippen LogP contribution in [-0.2, 0) is 14.3 Å². The third kappa shape index (κ3) is 5.64. The van der Waals surface area contributed by atoms with Gasteiger partial charge in [-0.2, -0.15) is 0 Å². The van der Waals surface area contributed by atoms with Crippen LogP contribution in [-0.4, -0.2) is 49.2 Å². The summed E-state index contributed by atoms with van der Waals surface area (Å²) in [5, 5.41) is 0.379. The van der Waals surface area contributed by atoms with E-state index in [1.165, 1.54) is 13.2 Å². The highest BCUT2D eigenvalue weighted by Gasteiger charge is 2.29. The molecule has 28 heavy (non-hydrogen) atoms. The van der Waals surface area contributed by atoms with E-state index in [-0.39, 0.29) is 24.6 Å².